The maximum absolute atomic E-state index is 11.3. The van der Waals surface area contributed by atoms with Crippen molar-refractivity contribution in [3.05, 3.63) is 86.4 Å². The Labute approximate surface area is 157 Å². The lowest BCUT2D eigenvalue weighted by Gasteiger charge is -2.13. The number of fused-ring (bicyclic) bond motifs is 2. The number of rotatable bonds is 3. The molecule has 0 aromatic heterocycles. The third kappa shape index (κ3) is 3.19. The van der Waals surface area contributed by atoms with Crippen LogP contribution in [-0.2, 0) is 0 Å². The minimum atomic E-state index is -0.460. The molecule has 0 saturated heterocycles. The van der Waals surface area contributed by atoms with Crippen LogP contribution < -0.4 is 9.47 Å². The molecular weight excluding hydrogens is 398 g/mol. The normalized spacial score (nSPS) is 11.7. The van der Waals surface area contributed by atoms with Crippen LogP contribution in [-0.4, -0.2) is 4.92 Å². The third-order valence-electron chi connectivity index (χ3n) is 3.91. The SMILES string of the molecule is O=[N+]([O-])c1cc(Oc2ccc(Br)cc2)c2c(c1)Oc1ccccc1C=C2. The van der Waals surface area contributed by atoms with Gasteiger partial charge in [0.15, 0.2) is 0 Å². The van der Waals surface area contributed by atoms with Crippen LogP contribution in [0.5, 0.6) is 23.0 Å². The molecule has 0 fully saturated rings. The highest BCUT2D eigenvalue weighted by atomic mass is 79.9. The van der Waals surface area contributed by atoms with E-state index in [2.05, 4.69) is 15.9 Å². The monoisotopic (exact) mass is 409 g/mol. The summed E-state index contributed by atoms with van der Waals surface area (Å²) in [6.07, 6.45) is 3.75. The lowest BCUT2D eigenvalue weighted by atomic mass is 10.1. The number of non-ortho nitro benzene ring substituents is 1. The van der Waals surface area contributed by atoms with Gasteiger partial charge in [0.2, 0.25) is 0 Å². The molecule has 0 spiro atoms. The van der Waals surface area contributed by atoms with E-state index in [0.29, 0.717) is 28.6 Å². The van der Waals surface area contributed by atoms with E-state index in [9.17, 15) is 10.1 Å². The first-order valence-corrected chi connectivity index (χ1v) is 8.60. The van der Waals surface area contributed by atoms with Gasteiger partial charge in [-0.1, -0.05) is 40.2 Å². The molecule has 6 heteroatoms. The fourth-order valence-corrected chi connectivity index (χ4v) is 2.92. The molecule has 3 aromatic carbocycles. The van der Waals surface area contributed by atoms with Crippen molar-refractivity contribution in [2.45, 2.75) is 0 Å². The summed E-state index contributed by atoms with van der Waals surface area (Å²) in [6, 6.07) is 17.6. The summed E-state index contributed by atoms with van der Waals surface area (Å²) in [5.41, 5.74) is 1.44. The molecule has 4 rings (SSSR count). The maximum atomic E-state index is 11.3. The summed E-state index contributed by atoms with van der Waals surface area (Å²) >= 11 is 3.37. The first kappa shape index (κ1) is 16.4. The van der Waals surface area contributed by atoms with Gasteiger partial charge in [0, 0.05) is 10.0 Å². The summed E-state index contributed by atoms with van der Waals surface area (Å²) in [5.74, 6) is 1.96. The number of halogens is 1. The highest BCUT2D eigenvalue weighted by molar-refractivity contribution is 9.10. The second-order valence-electron chi connectivity index (χ2n) is 5.64. The van der Waals surface area contributed by atoms with E-state index in [1.54, 1.807) is 12.1 Å². The van der Waals surface area contributed by atoms with Crippen LogP contribution in [0.4, 0.5) is 5.69 Å². The Balaban J connectivity index is 1.83. The van der Waals surface area contributed by atoms with Crippen molar-refractivity contribution in [2.24, 2.45) is 0 Å². The minimum Gasteiger partial charge on any atom is -0.456 e. The van der Waals surface area contributed by atoms with Gasteiger partial charge in [-0.25, -0.2) is 0 Å². The lowest BCUT2D eigenvalue weighted by molar-refractivity contribution is -0.385. The van der Waals surface area contributed by atoms with Gasteiger partial charge in [0.25, 0.3) is 5.69 Å². The van der Waals surface area contributed by atoms with Gasteiger partial charge in [-0.3, -0.25) is 10.1 Å². The van der Waals surface area contributed by atoms with Crippen LogP contribution in [0.15, 0.2) is 65.1 Å². The van der Waals surface area contributed by atoms with E-state index in [0.717, 1.165) is 10.0 Å². The molecule has 0 N–H and O–H groups in total. The number of nitro groups is 1. The Bertz CT molecular complexity index is 1030. The molecule has 5 nitrogen and oxygen atoms in total. The number of para-hydroxylation sites is 1. The molecule has 1 heterocycles. The van der Waals surface area contributed by atoms with Crippen molar-refractivity contribution in [2.75, 3.05) is 0 Å². The number of hydrogen-bond acceptors (Lipinski definition) is 4. The van der Waals surface area contributed by atoms with Crippen molar-refractivity contribution in [1.29, 1.82) is 0 Å². The van der Waals surface area contributed by atoms with Crippen LogP contribution in [0.3, 0.4) is 0 Å². The van der Waals surface area contributed by atoms with E-state index in [-0.39, 0.29) is 5.69 Å². The van der Waals surface area contributed by atoms with Crippen molar-refractivity contribution in [3.8, 4) is 23.0 Å². The highest BCUT2D eigenvalue weighted by Crippen LogP contribution is 2.42. The molecular formula is C20H12BrNO4. The van der Waals surface area contributed by atoms with Gasteiger partial charge >= 0.3 is 0 Å². The van der Waals surface area contributed by atoms with Crippen LogP contribution in [0.25, 0.3) is 12.2 Å². The zero-order chi connectivity index (χ0) is 18.1. The Kier molecular flexibility index (Phi) is 4.18. The first-order valence-electron chi connectivity index (χ1n) is 7.81. The molecule has 0 atom stereocenters. The van der Waals surface area contributed by atoms with E-state index in [1.165, 1.54) is 12.1 Å². The van der Waals surface area contributed by atoms with E-state index < -0.39 is 4.92 Å². The fraction of sp³-hybridized carbons (Fsp3) is 0. The summed E-state index contributed by atoms with van der Waals surface area (Å²) in [7, 11) is 0. The molecule has 1 aliphatic heterocycles. The number of hydrogen-bond donors (Lipinski definition) is 0. The minimum absolute atomic E-state index is 0.0938. The van der Waals surface area contributed by atoms with Crippen LogP contribution in [0.1, 0.15) is 11.1 Å². The Hall–Kier alpha value is -3.12. The summed E-state index contributed by atoms with van der Waals surface area (Å²) in [5, 5.41) is 11.3. The topological polar surface area (TPSA) is 61.6 Å². The second kappa shape index (κ2) is 6.65. The van der Waals surface area contributed by atoms with Crippen molar-refractivity contribution in [1.82, 2.24) is 0 Å². The second-order valence-corrected chi connectivity index (χ2v) is 6.56. The van der Waals surface area contributed by atoms with Crippen LogP contribution in [0.2, 0.25) is 0 Å². The number of ether oxygens (including phenoxy) is 2. The average molecular weight is 410 g/mol. The molecule has 0 amide bonds. The van der Waals surface area contributed by atoms with Crippen LogP contribution >= 0.6 is 15.9 Å². The van der Waals surface area contributed by atoms with Crippen molar-refractivity contribution in [3.63, 3.8) is 0 Å². The van der Waals surface area contributed by atoms with E-state index in [4.69, 9.17) is 9.47 Å². The van der Waals surface area contributed by atoms with Crippen molar-refractivity contribution >= 4 is 33.8 Å². The molecule has 0 saturated carbocycles. The highest BCUT2D eigenvalue weighted by Gasteiger charge is 2.21. The van der Waals surface area contributed by atoms with E-state index in [1.807, 2.05) is 48.6 Å². The molecule has 128 valence electrons. The molecule has 0 bridgehead atoms. The molecule has 1 aliphatic rings. The maximum Gasteiger partial charge on any atom is 0.276 e. The molecule has 3 aromatic rings. The summed E-state index contributed by atoms with van der Waals surface area (Å²) in [6.45, 7) is 0. The number of nitrogens with zero attached hydrogens (tertiary/aromatic N) is 1. The van der Waals surface area contributed by atoms with Crippen molar-refractivity contribution < 1.29 is 14.4 Å². The summed E-state index contributed by atoms with van der Waals surface area (Å²) in [4.78, 5) is 10.9. The quantitative estimate of drug-likeness (QED) is 0.289. The zero-order valence-electron chi connectivity index (χ0n) is 13.4. The zero-order valence-corrected chi connectivity index (χ0v) is 15.0. The smallest absolute Gasteiger partial charge is 0.276 e. The predicted molar refractivity (Wildman–Crippen MR) is 103 cm³/mol. The van der Waals surface area contributed by atoms with Gasteiger partial charge in [-0.15, -0.1) is 0 Å². The van der Waals surface area contributed by atoms with Crippen LogP contribution in [0, 0.1) is 10.1 Å². The number of benzene rings is 3. The van der Waals surface area contributed by atoms with Gasteiger partial charge in [0.05, 0.1) is 22.6 Å². The predicted octanol–water partition coefficient (Wildman–Crippen LogP) is 6.43. The fourth-order valence-electron chi connectivity index (χ4n) is 2.66. The first-order chi connectivity index (χ1) is 12.6. The van der Waals surface area contributed by atoms with Gasteiger partial charge in [0.1, 0.15) is 23.0 Å². The van der Waals surface area contributed by atoms with E-state index >= 15 is 0 Å². The molecule has 0 aliphatic carbocycles. The Morgan fingerprint density at radius 2 is 1.73 bits per heavy atom. The molecule has 0 radical (unpaired) electrons. The largest absolute Gasteiger partial charge is 0.456 e. The summed E-state index contributed by atoms with van der Waals surface area (Å²) < 4.78 is 12.8. The van der Waals surface area contributed by atoms with Gasteiger partial charge < -0.3 is 9.47 Å². The van der Waals surface area contributed by atoms with Gasteiger partial charge in [-0.2, -0.15) is 0 Å². The Morgan fingerprint density at radius 1 is 0.962 bits per heavy atom. The average Bonchev–Trinajstić information content (AvgIpc) is 2.82. The molecule has 26 heavy (non-hydrogen) atoms. The lowest BCUT2D eigenvalue weighted by Crippen LogP contribution is -1.96. The Morgan fingerprint density at radius 3 is 2.50 bits per heavy atom. The van der Waals surface area contributed by atoms with Gasteiger partial charge in [-0.05, 0) is 36.4 Å². The molecule has 0 unspecified atom stereocenters. The third-order valence-corrected chi connectivity index (χ3v) is 4.44. The number of nitro benzene ring substituents is 1. The standard InChI is InChI=1S/C20H12BrNO4/c21-14-6-8-16(9-7-14)25-19-11-15(22(23)24)12-20-17(19)10-5-13-3-1-2-4-18(13)26-20/h1-12H.